The Labute approximate surface area is 247 Å². The molecule has 0 spiro atoms. The maximum Gasteiger partial charge on any atom is 0.243 e. The highest BCUT2D eigenvalue weighted by atomic mass is 16.6. The topological polar surface area (TPSA) is 167 Å². The number of hydrogen-bond acceptors (Lipinski definition) is 8. The molecule has 4 rings (SSSR count). The molecule has 0 radical (unpaired) electrons. The normalized spacial score (nSPS) is 26.0. The molecule has 0 bridgehead atoms. The van der Waals surface area contributed by atoms with Gasteiger partial charge in [0, 0.05) is 12.3 Å². The highest BCUT2D eigenvalue weighted by Crippen LogP contribution is 2.34. The number of amides is 3. The van der Waals surface area contributed by atoms with Gasteiger partial charge in [0.05, 0.1) is 25.9 Å². The fourth-order valence-electron chi connectivity index (χ4n) is 6.04. The number of hydrogen-bond donors (Lipinski definition) is 5. The second-order valence-corrected chi connectivity index (χ2v) is 12.3. The number of ketones is 1. The number of carbonyl (C=O) groups is 4. The molecule has 232 valence electrons. The zero-order chi connectivity index (χ0) is 30.4. The van der Waals surface area contributed by atoms with Gasteiger partial charge in [0.1, 0.15) is 17.7 Å². The highest BCUT2D eigenvalue weighted by Gasteiger charge is 2.50. The van der Waals surface area contributed by atoms with E-state index in [4.69, 9.17) is 9.47 Å². The summed E-state index contributed by atoms with van der Waals surface area (Å²) in [6, 6.07) is 1.97. The van der Waals surface area contributed by atoms with Gasteiger partial charge in [-0.2, -0.15) is 0 Å². The van der Waals surface area contributed by atoms with Crippen LogP contribution in [0.3, 0.4) is 0 Å². The van der Waals surface area contributed by atoms with Crippen LogP contribution in [0.15, 0.2) is 18.2 Å². The third-order valence-electron chi connectivity index (χ3n) is 8.91. The Kier molecular flexibility index (Phi) is 10.5. The first-order chi connectivity index (χ1) is 20.0. The Hall–Kier alpha value is -3.18. The van der Waals surface area contributed by atoms with E-state index >= 15 is 0 Å². The van der Waals surface area contributed by atoms with Gasteiger partial charge < -0.3 is 35.6 Å². The first kappa shape index (κ1) is 31.7. The number of aromatic hydroxyl groups is 1. The van der Waals surface area contributed by atoms with Crippen molar-refractivity contribution in [2.75, 3.05) is 13.7 Å². The summed E-state index contributed by atoms with van der Waals surface area (Å²) in [4.78, 5) is 53.1. The Bertz CT molecular complexity index is 1140. The van der Waals surface area contributed by atoms with Crippen LogP contribution in [-0.4, -0.2) is 77.3 Å². The summed E-state index contributed by atoms with van der Waals surface area (Å²) in [7, 11) is 1.43. The van der Waals surface area contributed by atoms with E-state index in [9.17, 15) is 29.4 Å². The van der Waals surface area contributed by atoms with Crippen LogP contribution in [0.5, 0.6) is 11.5 Å². The lowest BCUT2D eigenvalue weighted by molar-refractivity contribution is -0.135. The smallest absolute Gasteiger partial charge is 0.243 e. The average Bonchev–Trinajstić information content (AvgIpc) is 3.50. The van der Waals surface area contributed by atoms with Gasteiger partial charge in [-0.25, -0.2) is 0 Å². The number of epoxide rings is 1. The Morgan fingerprint density at radius 2 is 1.64 bits per heavy atom. The molecular weight excluding hydrogens is 542 g/mol. The van der Waals surface area contributed by atoms with Gasteiger partial charge >= 0.3 is 0 Å². The molecule has 3 fully saturated rings. The molecule has 3 amide bonds. The van der Waals surface area contributed by atoms with Crippen LogP contribution in [0.25, 0.3) is 0 Å². The van der Waals surface area contributed by atoms with E-state index in [2.05, 4.69) is 16.0 Å². The molecule has 42 heavy (non-hydrogen) atoms. The molecule has 4 atom stereocenters. The number of Topliss-reactive ketones (excluding diaryl/α,β-unsaturated/α-hetero) is 1. The van der Waals surface area contributed by atoms with Gasteiger partial charge in [-0.15, -0.1) is 0 Å². The minimum atomic E-state index is -1.08. The molecule has 1 aliphatic heterocycles. The minimum Gasteiger partial charge on any atom is -0.504 e. The lowest BCUT2D eigenvalue weighted by atomic mass is 9.87. The fourth-order valence-corrected chi connectivity index (χ4v) is 6.04. The predicted octanol–water partition coefficient (Wildman–Crippen LogP) is 1.91. The molecule has 0 unspecified atom stereocenters. The lowest BCUT2D eigenvalue weighted by Gasteiger charge is -2.28. The second kappa shape index (κ2) is 13.9. The zero-order valence-corrected chi connectivity index (χ0v) is 24.8. The van der Waals surface area contributed by atoms with E-state index in [1.54, 1.807) is 26.0 Å². The first-order valence-electron chi connectivity index (χ1n) is 15.1. The molecule has 1 heterocycles. The van der Waals surface area contributed by atoms with E-state index in [0.717, 1.165) is 25.7 Å². The first-order valence-corrected chi connectivity index (χ1v) is 15.1. The monoisotopic (exact) mass is 587 g/mol. The van der Waals surface area contributed by atoms with Crippen molar-refractivity contribution in [1.82, 2.24) is 16.0 Å². The van der Waals surface area contributed by atoms with Gasteiger partial charge in [0.25, 0.3) is 0 Å². The fraction of sp³-hybridized carbons (Fsp3) is 0.677. The van der Waals surface area contributed by atoms with Crippen LogP contribution in [-0.2, 0) is 30.3 Å². The molecule has 11 nitrogen and oxygen atoms in total. The molecule has 3 aliphatic rings. The SMILES string of the molecule is COc1ccc(C[C@H](NC(=O)[C@@H](C)NC(=O)[C@H]2CC[C@H](O)CC2)C(=O)N[C@@H](CC2CCCC2)C(=O)[C@@]2(C)CO2)cc1O. The summed E-state index contributed by atoms with van der Waals surface area (Å²) >= 11 is 0. The standard InChI is InChI=1S/C31H45N3O8/c1-18(32-29(39)21-9-11-22(35)12-10-21)28(38)34-24(15-20-8-13-26(41-3)25(36)16-20)30(40)33-23(14-19-6-4-5-7-19)27(37)31(2)17-42-31/h8,13,16,18-19,21-24,35-36H,4-7,9-12,14-15,17H2,1-3H3,(H,32,39)(H,33,40)(H,34,38)/t18-,21-,22-,23+,24+,31-/m1/s1. The van der Waals surface area contributed by atoms with Crippen molar-refractivity contribution >= 4 is 23.5 Å². The Morgan fingerprint density at radius 1 is 1.00 bits per heavy atom. The van der Waals surface area contributed by atoms with Crippen molar-refractivity contribution in [2.45, 2.75) is 108 Å². The number of aliphatic hydroxyl groups excluding tert-OH is 1. The molecule has 11 heteroatoms. The van der Waals surface area contributed by atoms with E-state index in [0.29, 0.717) is 50.2 Å². The van der Waals surface area contributed by atoms with Crippen molar-refractivity contribution in [3.05, 3.63) is 23.8 Å². The third-order valence-corrected chi connectivity index (χ3v) is 8.91. The van der Waals surface area contributed by atoms with E-state index < -0.39 is 41.6 Å². The van der Waals surface area contributed by atoms with E-state index in [1.165, 1.54) is 13.2 Å². The van der Waals surface area contributed by atoms with Crippen molar-refractivity contribution in [1.29, 1.82) is 0 Å². The number of methoxy groups -OCH3 is 1. The number of carbonyl (C=O) groups excluding carboxylic acids is 4. The lowest BCUT2D eigenvalue weighted by Crippen LogP contribution is -2.57. The van der Waals surface area contributed by atoms with Gasteiger partial charge in [-0.1, -0.05) is 31.7 Å². The Balaban J connectivity index is 1.47. The van der Waals surface area contributed by atoms with Crippen molar-refractivity contribution in [3.8, 4) is 11.5 Å². The largest absolute Gasteiger partial charge is 0.504 e. The molecule has 5 N–H and O–H groups in total. The summed E-state index contributed by atoms with van der Waals surface area (Å²) in [6.45, 7) is 3.59. The van der Waals surface area contributed by atoms with E-state index in [1.807, 2.05) is 0 Å². The minimum absolute atomic E-state index is 0.0361. The van der Waals surface area contributed by atoms with Crippen molar-refractivity contribution < 1.29 is 38.9 Å². The number of ether oxygens (including phenoxy) is 2. The summed E-state index contributed by atoms with van der Waals surface area (Å²) in [5.41, 5.74) is -0.340. The molecular formula is C31H45N3O8. The summed E-state index contributed by atoms with van der Waals surface area (Å²) in [5.74, 6) is -1.30. The number of benzene rings is 1. The maximum atomic E-state index is 13.7. The quantitative estimate of drug-likeness (QED) is 0.218. The molecule has 2 saturated carbocycles. The molecule has 2 aliphatic carbocycles. The van der Waals surface area contributed by atoms with Crippen LogP contribution in [0.4, 0.5) is 0 Å². The highest BCUT2D eigenvalue weighted by molar-refractivity contribution is 5.98. The maximum absolute atomic E-state index is 13.7. The number of nitrogens with one attached hydrogen (secondary N) is 3. The van der Waals surface area contributed by atoms with Crippen LogP contribution >= 0.6 is 0 Å². The molecule has 0 aromatic heterocycles. The predicted molar refractivity (Wildman–Crippen MR) is 154 cm³/mol. The van der Waals surface area contributed by atoms with Crippen molar-refractivity contribution in [3.63, 3.8) is 0 Å². The summed E-state index contributed by atoms with van der Waals surface area (Å²) < 4.78 is 10.5. The van der Waals surface area contributed by atoms with Crippen molar-refractivity contribution in [2.24, 2.45) is 11.8 Å². The van der Waals surface area contributed by atoms with Gasteiger partial charge in [-0.05, 0) is 69.6 Å². The third kappa shape index (κ3) is 8.22. The summed E-state index contributed by atoms with van der Waals surface area (Å²) in [5, 5.41) is 28.4. The molecule has 1 aromatic carbocycles. The van der Waals surface area contributed by atoms with Crippen LogP contribution in [0.1, 0.15) is 77.2 Å². The number of aliphatic hydroxyl groups is 1. The van der Waals surface area contributed by atoms with E-state index in [-0.39, 0.29) is 35.5 Å². The van der Waals surface area contributed by atoms with Gasteiger partial charge in [0.15, 0.2) is 17.3 Å². The molecule has 1 aromatic rings. The average molecular weight is 588 g/mol. The van der Waals surface area contributed by atoms with Gasteiger partial charge in [0.2, 0.25) is 17.7 Å². The number of rotatable bonds is 13. The van der Waals surface area contributed by atoms with Gasteiger partial charge in [-0.3, -0.25) is 19.2 Å². The van der Waals surface area contributed by atoms with Crippen LogP contribution in [0.2, 0.25) is 0 Å². The summed E-state index contributed by atoms with van der Waals surface area (Å²) in [6.07, 6.45) is 6.52. The van der Waals surface area contributed by atoms with Crippen LogP contribution in [0, 0.1) is 11.8 Å². The van der Waals surface area contributed by atoms with Crippen LogP contribution < -0.4 is 20.7 Å². The second-order valence-electron chi connectivity index (χ2n) is 12.3. The number of phenolic OH excluding ortho intramolecular Hbond substituents is 1. The zero-order valence-electron chi connectivity index (χ0n) is 24.8. The Morgan fingerprint density at radius 3 is 2.24 bits per heavy atom. The molecule has 1 saturated heterocycles. The number of phenols is 1.